The summed E-state index contributed by atoms with van der Waals surface area (Å²) in [7, 11) is 0. The topological polar surface area (TPSA) is 75.1 Å². The van der Waals surface area contributed by atoms with E-state index >= 15 is 0 Å². The van der Waals surface area contributed by atoms with Crippen molar-refractivity contribution in [1.82, 2.24) is 14.9 Å². The van der Waals surface area contributed by atoms with Crippen molar-refractivity contribution in [3.63, 3.8) is 0 Å². The zero-order chi connectivity index (χ0) is 17.8. The molecule has 0 bridgehead atoms. The number of H-pyrrole nitrogens is 1. The Kier molecular flexibility index (Phi) is 4.85. The van der Waals surface area contributed by atoms with Crippen LogP contribution in [0.25, 0.3) is 11.4 Å². The number of carbonyl (C=O) groups excluding carboxylic acids is 1. The van der Waals surface area contributed by atoms with Crippen LogP contribution in [0.3, 0.4) is 0 Å². The number of hydrogen-bond donors (Lipinski definition) is 2. The Labute approximate surface area is 150 Å². The van der Waals surface area contributed by atoms with Gasteiger partial charge in [-0.3, -0.25) is 4.79 Å². The van der Waals surface area contributed by atoms with Crippen LogP contribution in [0.1, 0.15) is 18.1 Å². The number of benzene rings is 2. The van der Waals surface area contributed by atoms with Crippen molar-refractivity contribution in [3.8, 4) is 11.4 Å². The number of aryl methyl sites for hydroxylation is 1. The lowest BCUT2D eigenvalue weighted by Gasteiger charge is -2.04. The van der Waals surface area contributed by atoms with Gasteiger partial charge in [0.05, 0.1) is 6.21 Å². The molecule has 6 nitrogen and oxygen atoms in total. The van der Waals surface area contributed by atoms with E-state index in [1.807, 2.05) is 55.5 Å². The van der Waals surface area contributed by atoms with E-state index in [0.29, 0.717) is 10.6 Å². The molecule has 0 aliphatic carbocycles. The third kappa shape index (κ3) is 3.89. The zero-order valence-corrected chi connectivity index (χ0v) is 14.7. The molecule has 1 amide bonds. The fourth-order valence-corrected chi connectivity index (χ4v) is 2.56. The van der Waals surface area contributed by atoms with Crippen molar-refractivity contribution in [2.75, 3.05) is 5.32 Å². The molecule has 1 aromatic heterocycles. The first-order valence-corrected chi connectivity index (χ1v) is 8.11. The molecule has 126 valence electrons. The number of carbonyl (C=O) groups is 1. The van der Waals surface area contributed by atoms with Gasteiger partial charge in [0.2, 0.25) is 10.7 Å². The maximum absolute atomic E-state index is 11.1. The van der Waals surface area contributed by atoms with Crippen LogP contribution in [-0.2, 0) is 4.79 Å². The number of aromatic nitrogens is 3. The van der Waals surface area contributed by atoms with E-state index in [2.05, 4.69) is 20.6 Å². The third-order valence-electron chi connectivity index (χ3n) is 3.59. The Hall–Kier alpha value is -3.06. The second kappa shape index (κ2) is 7.23. The normalized spacial score (nSPS) is 11.0. The third-order valence-corrected chi connectivity index (χ3v) is 3.85. The van der Waals surface area contributed by atoms with Gasteiger partial charge in [-0.2, -0.15) is 14.9 Å². The SMILES string of the molecule is CC(=O)Nc1ccc(C=Nn2c(-c3ccccc3C)n[nH]c2=S)cc1. The molecule has 2 N–H and O–H groups in total. The lowest BCUT2D eigenvalue weighted by atomic mass is 10.1. The Morgan fingerprint density at radius 2 is 1.96 bits per heavy atom. The monoisotopic (exact) mass is 351 g/mol. The summed E-state index contributed by atoms with van der Waals surface area (Å²) < 4.78 is 2.02. The van der Waals surface area contributed by atoms with Crippen LogP contribution >= 0.6 is 12.2 Å². The summed E-state index contributed by atoms with van der Waals surface area (Å²) in [6.45, 7) is 3.49. The highest BCUT2D eigenvalue weighted by molar-refractivity contribution is 7.71. The van der Waals surface area contributed by atoms with Crippen LogP contribution in [0.15, 0.2) is 53.6 Å². The molecular formula is C18H17N5OS. The van der Waals surface area contributed by atoms with Crippen LogP contribution in [0.5, 0.6) is 0 Å². The molecule has 25 heavy (non-hydrogen) atoms. The highest BCUT2D eigenvalue weighted by atomic mass is 32.1. The van der Waals surface area contributed by atoms with E-state index in [-0.39, 0.29) is 5.91 Å². The first-order valence-electron chi connectivity index (χ1n) is 7.70. The number of nitrogens with one attached hydrogen (secondary N) is 2. The van der Waals surface area contributed by atoms with E-state index in [0.717, 1.165) is 22.4 Å². The highest BCUT2D eigenvalue weighted by Gasteiger charge is 2.09. The minimum Gasteiger partial charge on any atom is -0.326 e. The van der Waals surface area contributed by atoms with Gasteiger partial charge in [0, 0.05) is 18.2 Å². The zero-order valence-electron chi connectivity index (χ0n) is 13.9. The van der Waals surface area contributed by atoms with Crippen molar-refractivity contribution in [3.05, 3.63) is 64.4 Å². The maximum Gasteiger partial charge on any atom is 0.221 e. The number of anilines is 1. The highest BCUT2D eigenvalue weighted by Crippen LogP contribution is 2.21. The van der Waals surface area contributed by atoms with Crippen LogP contribution < -0.4 is 5.32 Å². The lowest BCUT2D eigenvalue weighted by molar-refractivity contribution is -0.114. The fourth-order valence-electron chi connectivity index (χ4n) is 2.38. The number of aromatic amines is 1. The van der Waals surface area contributed by atoms with Gasteiger partial charge in [0.15, 0.2) is 5.82 Å². The molecule has 2 aromatic carbocycles. The van der Waals surface area contributed by atoms with Gasteiger partial charge in [-0.1, -0.05) is 36.4 Å². The van der Waals surface area contributed by atoms with Gasteiger partial charge in [-0.05, 0) is 42.4 Å². The molecule has 3 rings (SSSR count). The van der Waals surface area contributed by atoms with Crippen molar-refractivity contribution < 1.29 is 4.79 Å². The average molecular weight is 351 g/mol. The summed E-state index contributed by atoms with van der Waals surface area (Å²) >= 11 is 5.28. The van der Waals surface area contributed by atoms with E-state index in [9.17, 15) is 4.79 Å². The summed E-state index contributed by atoms with van der Waals surface area (Å²) in [6.07, 6.45) is 1.70. The second-order valence-corrected chi connectivity index (χ2v) is 5.91. The summed E-state index contributed by atoms with van der Waals surface area (Å²) in [6, 6.07) is 15.3. The summed E-state index contributed by atoms with van der Waals surface area (Å²) in [5, 5.41) is 14.3. The van der Waals surface area contributed by atoms with Gasteiger partial charge in [-0.15, -0.1) is 0 Å². The molecule has 0 aliphatic heterocycles. The van der Waals surface area contributed by atoms with Crippen molar-refractivity contribution in [1.29, 1.82) is 0 Å². The first kappa shape index (κ1) is 16.8. The van der Waals surface area contributed by atoms with E-state index < -0.39 is 0 Å². The molecule has 7 heteroatoms. The molecule has 0 unspecified atom stereocenters. The molecule has 1 heterocycles. The molecule has 3 aromatic rings. The van der Waals surface area contributed by atoms with Crippen LogP contribution in [0.4, 0.5) is 5.69 Å². The molecule has 0 spiro atoms. The fraction of sp³-hybridized carbons (Fsp3) is 0.111. The number of amides is 1. The maximum atomic E-state index is 11.1. The van der Waals surface area contributed by atoms with Gasteiger partial charge in [0.1, 0.15) is 0 Å². The van der Waals surface area contributed by atoms with Crippen LogP contribution in [-0.4, -0.2) is 27.0 Å². The van der Waals surface area contributed by atoms with Gasteiger partial charge in [-0.25, -0.2) is 5.10 Å². The standard InChI is InChI=1S/C18H17N5OS/c1-12-5-3-4-6-16(12)17-21-22-18(25)23(17)19-11-14-7-9-15(10-8-14)20-13(2)24/h3-11H,1-2H3,(H,20,24)(H,22,25). The minimum atomic E-state index is -0.103. The van der Waals surface area contributed by atoms with Gasteiger partial charge < -0.3 is 5.32 Å². The second-order valence-electron chi connectivity index (χ2n) is 5.53. The quantitative estimate of drug-likeness (QED) is 0.555. The molecule has 0 saturated heterocycles. The molecule has 0 saturated carbocycles. The number of rotatable bonds is 4. The predicted molar refractivity (Wildman–Crippen MR) is 101 cm³/mol. The molecular weight excluding hydrogens is 334 g/mol. The summed E-state index contributed by atoms with van der Waals surface area (Å²) in [5.41, 5.74) is 3.68. The van der Waals surface area contributed by atoms with Crippen LogP contribution in [0, 0.1) is 11.7 Å². The number of hydrogen-bond acceptors (Lipinski definition) is 4. The van der Waals surface area contributed by atoms with E-state index in [1.165, 1.54) is 6.92 Å². The lowest BCUT2D eigenvalue weighted by Crippen LogP contribution is -2.05. The van der Waals surface area contributed by atoms with Crippen molar-refractivity contribution in [2.24, 2.45) is 5.10 Å². The van der Waals surface area contributed by atoms with Gasteiger partial charge in [0.25, 0.3) is 0 Å². The Morgan fingerprint density at radius 1 is 1.24 bits per heavy atom. The average Bonchev–Trinajstić information content (AvgIpc) is 2.95. The first-order chi connectivity index (χ1) is 12.0. The Bertz CT molecular complexity index is 985. The molecule has 0 aliphatic rings. The molecule has 0 atom stereocenters. The van der Waals surface area contributed by atoms with Crippen molar-refractivity contribution in [2.45, 2.75) is 13.8 Å². The Balaban J connectivity index is 1.90. The van der Waals surface area contributed by atoms with Gasteiger partial charge >= 0.3 is 0 Å². The summed E-state index contributed by atoms with van der Waals surface area (Å²) in [5.74, 6) is 0.559. The number of nitrogens with zero attached hydrogens (tertiary/aromatic N) is 3. The molecule has 0 fully saturated rings. The smallest absolute Gasteiger partial charge is 0.221 e. The van der Waals surface area contributed by atoms with E-state index in [4.69, 9.17) is 12.2 Å². The Morgan fingerprint density at radius 3 is 2.64 bits per heavy atom. The summed E-state index contributed by atoms with van der Waals surface area (Å²) in [4.78, 5) is 11.1. The largest absolute Gasteiger partial charge is 0.326 e. The minimum absolute atomic E-state index is 0.103. The van der Waals surface area contributed by atoms with Crippen LogP contribution in [0.2, 0.25) is 0 Å². The molecule has 0 radical (unpaired) electrons. The van der Waals surface area contributed by atoms with Crippen molar-refractivity contribution >= 4 is 30.0 Å². The predicted octanol–water partition coefficient (Wildman–Crippen LogP) is 3.76. The van der Waals surface area contributed by atoms with E-state index in [1.54, 1.807) is 10.9 Å².